The first-order valence-corrected chi connectivity index (χ1v) is 13.4. The number of nitrogens with one attached hydrogen (secondary N) is 1. The van der Waals surface area contributed by atoms with E-state index in [0.717, 1.165) is 0 Å². The molecule has 0 aliphatic heterocycles. The van der Waals surface area contributed by atoms with Crippen molar-refractivity contribution in [2.24, 2.45) is 0 Å². The Bertz CT molecular complexity index is 2050. The normalized spacial score (nSPS) is 11.1. The van der Waals surface area contributed by atoms with Crippen molar-refractivity contribution in [1.82, 2.24) is 14.5 Å². The van der Waals surface area contributed by atoms with Crippen LogP contribution in [0.2, 0.25) is 0 Å². The zero-order valence-electron chi connectivity index (χ0n) is 23.5. The first-order chi connectivity index (χ1) is 20.9. The van der Waals surface area contributed by atoms with E-state index in [-0.39, 0.29) is 17.0 Å². The molecule has 0 saturated heterocycles. The summed E-state index contributed by atoms with van der Waals surface area (Å²) in [6, 6.07) is 17.0. The number of nitrogens with zero attached hydrogens (tertiary/aromatic N) is 3. The third kappa shape index (κ3) is 5.19. The second-order valence-corrected chi connectivity index (χ2v) is 9.62. The molecule has 0 spiro atoms. The maximum Gasteiger partial charge on any atom is 0.200 e. The van der Waals surface area contributed by atoms with Crippen LogP contribution in [0.5, 0.6) is 23.0 Å². The predicted octanol–water partition coefficient (Wildman–Crippen LogP) is 7.46. The Balaban J connectivity index is 1.36. The van der Waals surface area contributed by atoms with Gasteiger partial charge >= 0.3 is 0 Å². The van der Waals surface area contributed by atoms with Crippen molar-refractivity contribution in [2.45, 2.75) is 13.5 Å². The van der Waals surface area contributed by atoms with Crippen LogP contribution < -0.4 is 25.0 Å². The first kappa shape index (κ1) is 27.6. The summed E-state index contributed by atoms with van der Waals surface area (Å²) >= 11 is 0. The number of fused-ring (bicyclic) bond motifs is 2. The van der Waals surface area contributed by atoms with Gasteiger partial charge in [0.1, 0.15) is 17.4 Å². The number of anilines is 2. The Morgan fingerprint density at radius 2 is 1.58 bits per heavy atom. The summed E-state index contributed by atoms with van der Waals surface area (Å²) in [5.41, 5.74) is 2.32. The largest absolute Gasteiger partial charge is 0.493 e. The number of aromatic nitrogens is 3. The highest BCUT2D eigenvalue weighted by Gasteiger charge is 2.17. The summed E-state index contributed by atoms with van der Waals surface area (Å²) in [5.74, 6) is 0.617. The van der Waals surface area contributed by atoms with Crippen molar-refractivity contribution >= 4 is 33.3 Å². The van der Waals surface area contributed by atoms with Gasteiger partial charge in [0.15, 0.2) is 23.1 Å². The molecule has 0 saturated carbocycles. The zero-order chi connectivity index (χ0) is 30.1. The van der Waals surface area contributed by atoms with Gasteiger partial charge in [-0.1, -0.05) is 12.1 Å². The van der Waals surface area contributed by atoms with Gasteiger partial charge in [-0.15, -0.1) is 0 Å². The van der Waals surface area contributed by atoms with Crippen LogP contribution in [0, 0.1) is 11.6 Å². The van der Waals surface area contributed by atoms with Gasteiger partial charge < -0.3 is 24.1 Å². The molecular formula is C33H26F2N4O4. The average Bonchev–Trinajstić information content (AvgIpc) is 3.02. The van der Waals surface area contributed by atoms with Gasteiger partial charge in [-0.3, -0.25) is 9.78 Å². The summed E-state index contributed by atoms with van der Waals surface area (Å²) in [6.45, 7) is 2.54. The minimum atomic E-state index is -0.631. The fraction of sp³-hybridized carbons (Fsp3) is 0.121. The molecule has 8 nitrogen and oxygen atoms in total. The minimum Gasteiger partial charge on any atom is -0.493 e. The number of benzene rings is 3. The lowest BCUT2D eigenvalue weighted by Gasteiger charge is -2.15. The Kier molecular flexibility index (Phi) is 7.33. The molecule has 0 fully saturated rings. The van der Waals surface area contributed by atoms with Crippen molar-refractivity contribution in [2.75, 3.05) is 19.5 Å². The number of pyridine rings is 3. The molecule has 0 aliphatic rings. The van der Waals surface area contributed by atoms with Crippen LogP contribution in [0.25, 0.3) is 32.9 Å². The predicted molar refractivity (Wildman–Crippen MR) is 162 cm³/mol. The molecule has 0 aliphatic carbocycles. The average molecular weight is 581 g/mol. The van der Waals surface area contributed by atoms with Crippen molar-refractivity contribution in [1.29, 1.82) is 0 Å². The van der Waals surface area contributed by atoms with Crippen molar-refractivity contribution in [3.8, 4) is 34.1 Å². The summed E-state index contributed by atoms with van der Waals surface area (Å²) in [7, 11) is 3.06. The van der Waals surface area contributed by atoms with Gasteiger partial charge in [0.25, 0.3) is 0 Å². The number of halogens is 2. The highest BCUT2D eigenvalue weighted by atomic mass is 19.1. The van der Waals surface area contributed by atoms with Crippen LogP contribution in [-0.4, -0.2) is 28.8 Å². The fourth-order valence-electron chi connectivity index (χ4n) is 4.98. The molecule has 0 bridgehead atoms. The topological polar surface area (TPSA) is 87.5 Å². The molecule has 3 heterocycles. The van der Waals surface area contributed by atoms with Crippen LogP contribution >= 0.6 is 0 Å². The van der Waals surface area contributed by atoms with Crippen LogP contribution in [0.1, 0.15) is 6.92 Å². The molecular weight excluding hydrogens is 554 g/mol. The van der Waals surface area contributed by atoms with E-state index < -0.39 is 11.6 Å². The monoisotopic (exact) mass is 580 g/mol. The second kappa shape index (κ2) is 11.4. The molecule has 216 valence electrons. The van der Waals surface area contributed by atoms with Gasteiger partial charge in [-0.2, -0.15) is 0 Å². The number of hydrogen-bond donors (Lipinski definition) is 1. The van der Waals surface area contributed by atoms with Gasteiger partial charge in [-0.25, -0.2) is 13.8 Å². The summed E-state index contributed by atoms with van der Waals surface area (Å²) < 4.78 is 47.6. The summed E-state index contributed by atoms with van der Waals surface area (Å²) in [6.07, 6.45) is 4.90. The number of hydrogen-bond acceptors (Lipinski definition) is 7. The molecule has 43 heavy (non-hydrogen) atoms. The molecule has 0 atom stereocenters. The third-order valence-electron chi connectivity index (χ3n) is 7.11. The maximum atomic E-state index is 15.4. The highest BCUT2D eigenvalue weighted by Crippen LogP contribution is 2.38. The third-order valence-corrected chi connectivity index (χ3v) is 7.11. The van der Waals surface area contributed by atoms with E-state index in [1.165, 1.54) is 38.5 Å². The van der Waals surface area contributed by atoms with E-state index in [4.69, 9.17) is 14.2 Å². The van der Waals surface area contributed by atoms with E-state index in [0.29, 0.717) is 62.4 Å². The number of methoxy groups -OCH3 is 2. The molecule has 1 N–H and O–H groups in total. The maximum absolute atomic E-state index is 15.4. The number of aryl methyl sites for hydroxylation is 1. The second-order valence-electron chi connectivity index (χ2n) is 9.62. The van der Waals surface area contributed by atoms with Crippen LogP contribution in [-0.2, 0) is 6.54 Å². The molecule has 0 radical (unpaired) electrons. The summed E-state index contributed by atoms with van der Waals surface area (Å²) in [4.78, 5) is 22.5. The standard InChI is InChI=1S/C33H26F2N4O4/c1-4-39-18-23(19-5-7-20(34)8-6-19)32(40)31-26(39)11-13-37-33(31)38-21-9-10-28(24(35)15-21)43-27-12-14-36-25-17-30(42-3)29(41-2)16-22(25)27/h5-18H,4H2,1-3H3,(H,37,38). The Morgan fingerprint density at radius 3 is 2.30 bits per heavy atom. The van der Waals surface area contributed by atoms with Gasteiger partial charge in [0.05, 0.1) is 30.6 Å². The highest BCUT2D eigenvalue weighted by molar-refractivity contribution is 5.94. The SMILES string of the molecule is CCn1cc(-c2ccc(F)cc2)c(=O)c2c(Nc3ccc(Oc4ccnc5cc(OC)c(OC)cc45)c(F)c3)nccc21. The van der Waals surface area contributed by atoms with Crippen LogP contribution in [0.4, 0.5) is 20.3 Å². The Labute approximate surface area is 245 Å². The van der Waals surface area contributed by atoms with Crippen LogP contribution in [0.15, 0.2) is 90.1 Å². The number of ether oxygens (including phenoxy) is 3. The van der Waals surface area contributed by atoms with E-state index in [1.54, 1.807) is 61.1 Å². The lowest BCUT2D eigenvalue weighted by Crippen LogP contribution is -2.14. The lowest BCUT2D eigenvalue weighted by molar-refractivity contribution is 0.355. The Morgan fingerprint density at radius 1 is 0.837 bits per heavy atom. The molecule has 6 aromatic rings. The zero-order valence-corrected chi connectivity index (χ0v) is 23.5. The van der Waals surface area contributed by atoms with Gasteiger partial charge in [0, 0.05) is 53.9 Å². The number of rotatable bonds is 8. The van der Waals surface area contributed by atoms with E-state index in [2.05, 4.69) is 15.3 Å². The smallest absolute Gasteiger partial charge is 0.200 e. The molecule has 10 heteroatoms. The van der Waals surface area contributed by atoms with Gasteiger partial charge in [-0.05, 0) is 55.0 Å². The van der Waals surface area contributed by atoms with Crippen molar-refractivity contribution in [3.05, 3.63) is 107 Å². The quantitative estimate of drug-likeness (QED) is 0.200. The minimum absolute atomic E-state index is 0.00866. The van der Waals surface area contributed by atoms with Gasteiger partial charge in [0.2, 0.25) is 5.43 Å². The lowest BCUT2D eigenvalue weighted by atomic mass is 10.0. The van der Waals surface area contributed by atoms with E-state index in [9.17, 15) is 9.18 Å². The fourth-order valence-corrected chi connectivity index (χ4v) is 4.98. The van der Waals surface area contributed by atoms with Crippen LogP contribution in [0.3, 0.4) is 0 Å². The molecule has 0 amide bonds. The van der Waals surface area contributed by atoms with E-state index in [1.807, 2.05) is 11.5 Å². The Hall–Kier alpha value is -5.51. The molecule has 3 aromatic carbocycles. The van der Waals surface area contributed by atoms with Crippen molar-refractivity contribution in [3.63, 3.8) is 0 Å². The molecule has 0 unspecified atom stereocenters. The molecule has 6 rings (SSSR count). The first-order valence-electron chi connectivity index (χ1n) is 13.4. The molecule has 3 aromatic heterocycles. The van der Waals surface area contributed by atoms with Crippen molar-refractivity contribution < 1.29 is 23.0 Å². The summed E-state index contributed by atoms with van der Waals surface area (Å²) in [5, 5.41) is 4.05. The van der Waals surface area contributed by atoms with E-state index >= 15 is 4.39 Å².